The molecule has 43 heavy (non-hydrogen) atoms. The first kappa shape index (κ1) is 29.3. The number of aromatic hydroxyl groups is 6. The van der Waals surface area contributed by atoms with Crippen LogP contribution in [0.3, 0.4) is 0 Å². The van der Waals surface area contributed by atoms with E-state index in [1.54, 1.807) is 32.0 Å². The predicted molar refractivity (Wildman–Crippen MR) is 158 cm³/mol. The van der Waals surface area contributed by atoms with Gasteiger partial charge in [0, 0.05) is 46.4 Å². The zero-order valence-corrected chi connectivity index (χ0v) is 23.9. The Balaban J connectivity index is 1.64. The van der Waals surface area contributed by atoms with Gasteiger partial charge in [-0.1, -0.05) is 26.2 Å². The van der Waals surface area contributed by atoms with Crippen molar-refractivity contribution < 1.29 is 45.0 Å². The Morgan fingerprint density at radius 2 is 1.30 bits per heavy atom. The third-order valence-electron chi connectivity index (χ3n) is 7.77. The molecule has 1 aliphatic rings. The molecule has 0 heterocycles. The molecular formula is C34H32O9. The maximum absolute atomic E-state index is 13.6. The van der Waals surface area contributed by atoms with Crippen molar-refractivity contribution in [2.45, 2.75) is 52.4 Å². The third-order valence-corrected chi connectivity index (χ3v) is 7.77. The van der Waals surface area contributed by atoms with Crippen molar-refractivity contribution in [3.63, 3.8) is 0 Å². The van der Waals surface area contributed by atoms with Crippen LogP contribution in [0.15, 0.2) is 48.5 Å². The average molecular weight is 585 g/mol. The van der Waals surface area contributed by atoms with Crippen LogP contribution in [-0.4, -0.2) is 42.2 Å². The number of carbonyl (C=O) groups excluding carboxylic acids is 2. The normalized spacial score (nSPS) is 13.0. The number of hydrogen-bond donors (Lipinski definition) is 6. The molecule has 0 fully saturated rings. The van der Waals surface area contributed by atoms with E-state index in [1.807, 2.05) is 6.92 Å². The molecule has 0 unspecified atom stereocenters. The molecule has 6 N–H and O–H groups in total. The van der Waals surface area contributed by atoms with Crippen LogP contribution >= 0.6 is 0 Å². The molecule has 0 saturated heterocycles. The first-order valence-electron chi connectivity index (χ1n) is 14.0. The molecule has 0 aliphatic heterocycles. The van der Waals surface area contributed by atoms with E-state index in [9.17, 15) is 40.2 Å². The van der Waals surface area contributed by atoms with Crippen LogP contribution < -0.4 is 4.74 Å². The van der Waals surface area contributed by atoms with E-state index in [1.165, 1.54) is 12.1 Å². The number of hydrogen-bond acceptors (Lipinski definition) is 9. The second-order valence-electron chi connectivity index (χ2n) is 11.0. The highest BCUT2D eigenvalue weighted by atomic mass is 16.5. The summed E-state index contributed by atoms with van der Waals surface area (Å²) in [5.41, 5.74) is 0.480. The lowest BCUT2D eigenvalue weighted by molar-refractivity contribution is 0.0973. The monoisotopic (exact) mass is 584 g/mol. The summed E-state index contributed by atoms with van der Waals surface area (Å²) < 4.78 is 5.90. The van der Waals surface area contributed by atoms with Crippen LogP contribution in [0.25, 0.3) is 0 Å². The van der Waals surface area contributed by atoms with Crippen molar-refractivity contribution >= 4 is 11.6 Å². The van der Waals surface area contributed by atoms with E-state index < -0.39 is 40.5 Å². The Labute approximate surface area is 247 Å². The molecular weight excluding hydrogens is 552 g/mol. The second-order valence-corrected chi connectivity index (χ2v) is 11.0. The van der Waals surface area contributed by atoms with Crippen LogP contribution in [0.1, 0.15) is 92.6 Å². The number of phenols is 6. The van der Waals surface area contributed by atoms with Crippen molar-refractivity contribution in [2.24, 2.45) is 0 Å². The predicted octanol–water partition coefficient (Wildman–Crippen LogP) is 6.82. The van der Waals surface area contributed by atoms with Gasteiger partial charge in [-0.25, -0.2) is 0 Å². The molecule has 1 atom stereocenters. The Hall–Kier alpha value is -5.18. The van der Waals surface area contributed by atoms with Gasteiger partial charge in [0.05, 0.1) is 11.1 Å². The molecule has 4 aromatic carbocycles. The van der Waals surface area contributed by atoms with Gasteiger partial charge in [-0.3, -0.25) is 9.59 Å². The van der Waals surface area contributed by atoms with Crippen molar-refractivity contribution in [1.82, 2.24) is 0 Å². The minimum atomic E-state index is -0.834. The van der Waals surface area contributed by atoms with Crippen molar-refractivity contribution in [1.29, 1.82) is 0 Å². The van der Waals surface area contributed by atoms with Gasteiger partial charge in [0.1, 0.15) is 46.0 Å². The van der Waals surface area contributed by atoms with Gasteiger partial charge in [0.2, 0.25) is 5.78 Å². The van der Waals surface area contributed by atoms with Gasteiger partial charge in [-0.15, -0.1) is 0 Å². The Kier molecular flexibility index (Phi) is 7.67. The van der Waals surface area contributed by atoms with E-state index in [0.717, 1.165) is 36.6 Å². The first-order valence-corrected chi connectivity index (χ1v) is 14.0. The van der Waals surface area contributed by atoms with Crippen LogP contribution in [0.2, 0.25) is 0 Å². The zero-order valence-electron chi connectivity index (χ0n) is 23.9. The highest BCUT2D eigenvalue weighted by Crippen LogP contribution is 2.50. The van der Waals surface area contributed by atoms with Crippen LogP contribution in [0.4, 0.5) is 0 Å². The Morgan fingerprint density at radius 1 is 0.651 bits per heavy atom. The maximum Gasteiger partial charge on any atom is 0.201 e. The summed E-state index contributed by atoms with van der Waals surface area (Å²) in [6.45, 7) is 5.57. The summed E-state index contributed by atoms with van der Waals surface area (Å²) in [7, 11) is 0. The Morgan fingerprint density at radius 3 is 1.98 bits per heavy atom. The zero-order chi connectivity index (χ0) is 31.2. The molecule has 0 spiro atoms. The summed E-state index contributed by atoms with van der Waals surface area (Å²) in [6, 6.07) is 10.9. The molecule has 0 amide bonds. The third kappa shape index (κ3) is 5.30. The van der Waals surface area contributed by atoms with Gasteiger partial charge in [0.15, 0.2) is 5.78 Å². The fourth-order valence-electron chi connectivity index (χ4n) is 5.94. The van der Waals surface area contributed by atoms with Crippen LogP contribution in [0, 0.1) is 13.8 Å². The molecule has 4 aromatic rings. The molecule has 0 aromatic heterocycles. The topological polar surface area (TPSA) is 165 Å². The molecule has 1 aliphatic carbocycles. The highest BCUT2D eigenvalue weighted by molar-refractivity contribution is 6.30. The van der Waals surface area contributed by atoms with Crippen LogP contribution in [-0.2, 0) is 0 Å². The highest BCUT2D eigenvalue weighted by Gasteiger charge is 2.38. The minimum Gasteiger partial charge on any atom is -0.508 e. The molecule has 9 nitrogen and oxygen atoms in total. The lowest BCUT2D eigenvalue weighted by Gasteiger charge is -2.27. The summed E-state index contributed by atoms with van der Waals surface area (Å²) in [6.07, 6.45) is 2.74. The quantitative estimate of drug-likeness (QED) is 0.107. The smallest absolute Gasteiger partial charge is 0.201 e. The summed E-state index contributed by atoms with van der Waals surface area (Å²) in [5.74, 6) is -3.95. The molecule has 0 saturated carbocycles. The van der Waals surface area contributed by atoms with E-state index in [2.05, 4.69) is 0 Å². The molecule has 222 valence electrons. The summed E-state index contributed by atoms with van der Waals surface area (Å²) in [5, 5.41) is 64.3. The van der Waals surface area contributed by atoms with Gasteiger partial charge in [0.25, 0.3) is 0 Å². The van der Waals surface area contributed by atoms with Crippen molar-refractivity contribution in [3.05, 3.63) is 93.0 Å². The van der Waals surface area contributed by atoms with Crippen molar-refractivity contribution in [3.8, 4) is 46.0 Å². The van der Waals surface area contributed by atoms with Gasteiger partial charge < -0.3 is 35.4 Å². The van der Waals surface area contributed by atoms with E-state index in [4.69, 9.17) is 4.74 Å². The largest absolute Gasteiger partial charge is 0.508 e. The van der Waals surface area contributed by atoms with Crippen molar-refractivity contribution in [2.75, 3.05) is 0 Å². The SMILES string of the molecule is CCCCC[C@@H](c1c(C)cc(Oc2cc(C)cc(O)c2)cc1O)c1c(O)cc2c(c1O)C(=O)c1c(O)cc(O)cc1C2=O. The van der Waals surface area contributed by atoms with E-state index in [-0.39, 0.29) is 39.3 Å². The number of aryl methyl sites for hydroxylation is 2. The second kappa shape index (κ2) is 11.2. The summed E-state index contributed by atoms with van der Waals surface area (Å²) >= 11 is 0. The molecule has 0 bridgehead atoms. The maximum atomic E-state index is 13.6. The van der Waals surface area contributed by atoms with E-state index in [0.29, 0.717) is 35.5 Å². The lowest BCUT2D eigenvalue weighted by Crippen LogP contribution is -2.22. The number of carbonyl (C=O) groups is 2. The van der Waals surface area contributed by atoms with E-state index >= 15 is 0 Å². The number of ether oxygens (including phenoxy) is 1. The van der Waals surface area contributed by atoms with Crippen LogP contribution in [0.5, 0.6) is 46.0 Å². The Bertz CT molecular complexity index is 1740. The minimum absolute atomic E-state index is 0.0303. The van der Waals surface area contributed by atoms with Gasteiger partial charge in [-0.05, 0) is 61.7 Å². The standard InChI is InChI=1S/C34H32O9/c1-4-5-6-7-22(28-17(3)10-21(14-26(28)38)43-20-9-16(2)8-18(35)11-20)29-27(39)15-24-31(33(29)41)34(42)30-23(32(24)40)12-19(36)13-25(30)37/h8-15,22,35-39,41H,4-7H2,1-3H3/t22-/m0/s1. The average Bonchev–Trinajstić information content (AvgIpc) is 2.90. The number of phenolic OH excluding ortho intramolecular Hbond substituents is 6. The fourth-order valence-corrected chi connectivity index (χ4v) is 5.94. The fraction of sp³-hybridized carbons (Fsp3) is 0.235. The number of ketones is 2. The molecule has 5 rings (SSSR count). The first-order chi connectivity index (χ1) is 20.4. The summed E-state index contributed by atoms with van der Waals surface area (Å²) in [4.78, 5) is 26.9. The van der Waals surface area contributed by atoms with Gasteiger partial charge >= 0.3 is 0 Å². The number of unbranched alkanes of at least 4 members (excludes halogenated alkanes) is 2. The molecule has 9 heteroatoms. The lowest BCUT2D eigenvalue weighted by atomic mass is 9.77. The molecule has 0 radical (unpaired) electrons. The van der Waals surface area contributed by atoms with Gasteiger partial charge in [-0.2, -0.15) is 0 Å². The number of fused-ring (bicyclic) bond motifs is 2. The number of benzene rings is 4. The number of rotatable bonds is 8.